The summed E-state index contributed by atoms with van der Waals surface area (Å²) in [7, 11) is 0. The van der Waals surface area contributed by atoms with Gasteiger partial charge in [0.2, 0.25) is 0 Å². The van der Waals surface area contributed by atoms with E-state index in [1.807, 2.05) is 18.3 Å². The second-order valence-corrected chi connectivity index (χ2v) is 8.37. The molecule has 1 aromatic heterocycles. The van der Waals surface area contributed by atoms with Crippen LogP contribution in [0.15, 0.2) is 49.2 Å². The highest BCUT2D eigenvalue weighted by atomic mass is 16.3. The highest BCUT2D eigenvalue weighted by Crippen LogP contribution is 2.19. The molecule has 2 aliphatic heterocycles. The van der Waals surface area contributed by atoms with Crippen molar-refractivity contribution in [3.05, 3.63) is 66.0 Å². The molecule has 1 fully saturated rings. The Morgan fingerprint density at radius 3 is 2.87 bits per heavy atom. The van der Waals surface area contributed by atoms with Gasteiger partial charge in [0, 0.05) is 44.1 Å². The van der Waals surface area contributed by atoms with Crippen molar-refractivity contribution in [2.75, 3.05) is 38.0 Å². The number of pyridine rings is 1. The summed E-state index contributed by atoms with van der Waals surface area (Å²) >= 11 is 0. The van der Waals surface area contributed by atoms with Crippen molar-refractivity contribution in [2.45, 2.75) is 38.0 Å². The van der Waals surface area contributed by atoms with Crippen molar-refractivity contribution in [1.29, 1.82) is 0 Å². The van der Waals surface area contributed by atoms with Crippen molar-refractivity contribution in [1.82, 2.24) is 20.5 Å². The number of hydrogen-bond acceptors (Lipinski definition) is 6. The summed E-state index contributed by atoms with van der Waals surface area (Å²) in [6.07, 6.45) is 4.66. The van der Waals surface area contributed by atoms with Crippen LogP contribution in [0, 0.1) is 0 Å². The van der Waals surface area contributed by atoms with Gasteiger partial charge in [-0.25, -0.2) is 0 Å². The Kier molecular flexibility index (Phi) is 7.00. The van der Waals surface area contributed by atoms with Gasteiger partial charge in [0.05, 0.1) is 17.5 Å². The third-order valence-electron chi connectivity index (χ3n) is 6.01. The van der Waals surface area contributed by atoms with E-state index < -0.39 is 6.10 Å². The summed E-state index contributed by atoms with van der Waals surface area (Å²) in [6.45, 7) is 9.25. The van der Waals surface area contributed by atoms with Gasteiger partial charge in [-0.15, -0.1) is 0 Å². The van der Waals surface area contributed by atoms with E-state index in [1.54, 1.807) is 0 Å². The van der Waals surface area contributed by atoms with Gasteiger partial charge in [-0.05, 0) is 55.6 Å². The maximum Gasteiger partial charge on any atom is 0.0875 e. The maximum absolute atomic E-state index is 10.5. The molecule has 0 saturated carbocycles. The van der Waals surface area contributed by atoms with E-state index in [1.165, 1.54) is 11.1 Å². The number of anilines is 1. The first-order valence-electron chi connectivity index (χ1n) is 11.0. The molecular weight excluding hydrogens is 374 g/mol. The number of nitrogens with zero attached hydrogens (tertiary/aromatic N) is 2. The molecular formula is C24H33N5O. The molecule has 1 unspecified atom stereocenters. The van der Waals surface area contributed by atoms with Gasteiger partial charge in [0.15, 0.2) is 0 Å². The van der Waals surface area contributed by atoms with Crippen LogP contribution in [0.2, 0.25) is 0 Å². The van der Waals surface area contributed by atoms with E-state index in [9.17, 15) is 5.11 Å². The lowest BCUT2D eigenvalue weighted by Crippen LogP contribution is -2.40. The van der Waals surface area contributed by atoms with Crippen LogP contribution in [0.4, 0.5) is 5.69 Å². The SMILES string of the molecule is C=C(NCC(O)CN1CCc2ccccc2C1)c1cc(NC2CCNCC2)ccn1. The summed E-state index contributed by atoms with van der Waals surface area (Å²) in [5.41, 5.74) is 5.43. The van der Waals surface area contributed by atoms with E-state index in [4.69, 9.17) is 0 Å². The largest absolute Gasteiger partial charge is 0.390 e. The Hall–Kier alpha value is -2.41. The van der Waals surface area contributed by atoms with Crippen LogP contribution in [0.1, 0.15) is 29.7 Å². The molecule has 160 valence electrons. The Balaban J connectivity index is 1.24. The molecule has 0 amide bonds. The van der Waals surface area contributed by atoms with Crippen LogP contribution >= 0.6 is 0 Å². The summed E-state index contributed by atoms with van der Waals surface area (Å²) in [5.74, 6) is 0. The van der Waals surface area contributed by atoms with Crippen molar-refractivity contribution in [3.63, 3.8) is 0 Å². The molecule has 1 saturated heterocycles. The van der Waals surface area contributed by atoms with E-state index in [0.717, 1.165) is 62.5 Å². The zero-order valence-corrected chi connectivity index (χ0v) is 17.6. The molecule has 0 aliphatic carbocycles. The number of piperidine rings is 1. The lowest BCUT2D eigenvalue weighted by molar-refractivity contribution is 0.107. The fourth-order valence-electron chi connectivity index (χ4n) is 4.29. The van der Waals surface area contributed by atoms with Crippen LogP contribution in [-0.2, 0) is 13.0 Å². The minimum atomic E-state index is -0.456. The number of aliphatic hydroxyl groups is 1. The maximum atomic E-state index is 10.5. The number of benzene rings is 1. The van der Waals surface area contributed by atoms with Crippen molar-refractivity contribution < 1.29 is 5.11 Å². The fraction of sp³-hybridized carbons (Fsp3) is 0.458. The quantitative estimate of drug-likeness (QED) is 0.538. The first-order chi connectivity index (χ1) is 14.7. The van der Waals surface area contributed by atoms with Crippen LogP contribution in [0.25, 0.3) is 5.70 Å². The van der Waals surface area contributed by atoms with Gasteiger partial charge >= 0.3 is 0 Å². The molecule has 0 spiro atoms. The molecule has 6 nitrogen and oxygen atoms in total. The molecule has 2 aliphatic rings. The number of hydrogen-bond donors (Lipinski definition) is 4. The molecule has 3 heterocycles. The minimum absolute atomic E-state index is 0.456. The lowest BCUT2D eigenvalue weighted by Gasteiger charge is -2.30. The number of nitrogens with one attached hydrogen (secondary N) is 3. The van der Waals surface area contributed by atoms with Crippen LogP contribution in [0.5, 0.6) is 0 Å². The summed E-state index contributed by atoms with van der Waals surface area (Å²) in [6, 6.07) is 13.1. The second kappa shape index (κ2) is 10.1. The van der Waals surface area contributed by atoms with Gasteiger partial charge < -0.3 is 21.1 Å². The van der Waals surface area contributed by atoms with E-state index >= 15 is 0 Å². The Labute approximate surface area is 179 Å². The monoisotopic (exact) mass is 407 g/mol. The zero-order chi connectivity index (χ0) is 20.8. The molecule has 4 rings (SSSR count). The average molecular weight is 408 g/mol. The highest BCUT2D eigenvalue weighted by Gasteiger charge is 2.18. The normalized spacial score (nSPS) is 18.4. The zero-order valence-electron chi connectivity index (χ0n) is 17.6. The third-order valence-corrected chi connectivity index (χ3v) is 6.01. The van der Waals surface area contributed by atoms with Gasteiger partial charge in [-0.1, -0.05) is 30.8 Å². The Morgan fingerprint density at radius 2 is 2.03 bits per heavy atom. The molecule has 30 heavy (non-hydrogen) atoms. The highest BCUT2D eigenvalue weighted by molar-refractivity contribution is 5.62. The number of aromatic nitrogens is 1. The second-order valence-electron chi connectivity index (χ2n) is 8.37. The van der Waals surface area contributed by atoms with Gasteiger partial charge in [-0.3, -0.25) is 9.88 Å². The van der Waals surface area contributed by atoms with Gasteiger partial charge in [-0.2, -0.15) is 0 Å². The Bertz CT molecular complexity index is 849. The first kappa shape index (κ1) is 20.8. The first-order valence-corrected chi connectivity index (χ1v) is 11.0. The fourth-order valence-corrected chi connectivity index (χ4v) is 4.29. The molecule has 0 bridgehead atoms. The summed E-state index contributed by atoms with van der Waals surface area (Å²) in [5, 5.41) is 20.8. The number of fused-ring (bicyclic) bond motifs is 1. The summed E-state index contributed by atoms with van der Waals surface area (Å²) in [4.78, 5) is 6.76. The third kappa shape index (κ3) is 5.59. The van der Waals surface area contributed by atoms with Gasteiger partial charge in [0.25, 0.3) is 0 Å². The molecule has 0 radical (unpaired) electrons. The smallest absolute Gasteiger partial charge is 0.0875 e. The van der Waals surface area contributed by atoms with Crippen molar-refractivity contribution in [2.24, 2.45) is 0 Å². The lowest BCUT2D eigenvalue weighted by atomic mass is 10.00. The van der Waals surface area contributed by atoms with Crippen LogP contribution in [0.3, 0.4) is 0 Å². The molecule has 2 aromatic rings. The van der Waals surface area contributed by atoms with E-state index in [-0.39, 0.29) is 0 Å². The molecule has 4 N–H and O–H groups in total. The standard InChI is InChI=1S/C24H33N5O/c1-18(24-14-22(8-12-26-24)28-21-6-10-25-11-7-21)27-15-23(30)17-29-13-9-19-4-2-3-5-20(19)16-29/h2-5,8,12,14,21,23,25,27,30H,1,6-7,9-11,13,15-17H2,(H,26,28). The summed E-state index contributed by atoms with van der Waals surface area (Å²) < 4.78 is 0. The predicted molar refractivity (Wildman–Crippen MR) is 122 cm³/mol. The van der Waals surface area contributed by atoms with E-state index in [0.29, 0.717) is 19.1 Å². The van der Waals surface area contributed by atoms with Crippen molar-refractivity contribution >= 4 is 11.4 Å². The topological polar surface area (TPSA) is 72.5 Å². The predicted octanol–water partition coefficient (Wildman–Crippen LogP) is 2.22. The van der Waals surface area contributed by atoms with Crippen LogP contribution in [-0.4, -0.2) is 59.9 Å². The van der Waals surface area contributed by atoms with E-state index in [2.05, 4.69) is 56.7 Å². The van der Waals surface area contributed by atoms with Gasteiger partial charge in [0.1, 0.15) is 0 Å². The number of aliphatic hydroxyl groups excluding tert-OH is 1. The number of rotatable bonds is 8. The molecule has 6 heteroatoms. The molecule has 1 aromatic carbocycles. The Morgan fingerprint density at radius 1 is 1.23 bits per heavy atom. The minimum Gasteiger partial charge on any atom is -0.390 e. The van der Waals surface area contributed by atoms with Crippen molar-refractivity contribution in [3.8, 4) is 0 Å². The molecule has 1 atom stereocenters. The average Bonchev–Trinajstić information content (AvgIpc) is 2.78. The number of β-amino-alcohol motifs (C(OH)–C–C–N with tert-alkyl or cyclic N) is 1. The van der Waals surface area contributed by atoms with Crippen LogP contribution < -0.4 is 16.0 Å².